The van der Waals surface area contributed by atoms with Crippen LogP contribution in [0.1, 0.15) is 60.0 Å². The molecule has 1 atom stereocenters. The predicted octanol–water partition coefficient (Wildman–Crippen LogP) is 1.70. The minimum absolute atomic E-state index is 0.163. The van der Waals surface area contributed by atoms with Crippen LogP contribution >= 0.6 is 0 Å². The molecule has 6 nitrogen and oxygen atoms in total. The second-order valence-electron chi connectivity index (χ2n) is 6.59. The van der Waals surface area contributed by atoms with Crippen LogP contribution in [0.4, 0.5) is 4.39 Å². The second-order valence-corrected chi connectivity index (χ2v) is 6.59. The van der Waals surface area contributed by atoms with Crippen LogP contribution in [-0.4, -0.2) is 34.9 Å². The summed E-state index contributed by atoms with van der Waals surface area (Å²) >= 11 is 0. The zero-order valence-electron chi connectivity index (χ0n) is 14.7. The summed E-state index contributed by atoms with van der Waals surface area (Å²) in [6, 6.07) is 1.71. The first kappa shape index (κ1) is 18.8. The van der Waals surface area contributed by atoms with Crippen molar-refractivity contribution in [1.82, 2.24) is 10.2 Å². The molecule has 1 aromatic carbocycles. The molecule has 140 valence electrons. The van der Waals surface area contributed by atoms with Crippen molar-refractivity contribution >= 4 is 24.0 Å². The fraction of sp³-hybridized carbons (Fsp3) is 0.400. The lowest BCUT2D eigenvalue weighted by atomic mass is 10.0. The van der Waals surface area contributed by atoms with Gasteiger partial charge in [-0.15, -0.1) is 0 Å². The fourth-order valence-electron chi connectivity index (χ4n) is 3.34. The molecule has 3 amide bonds. The van der Waals surface area contributed by atoms with Crippen LogP contribution in [0.25, 0.3) is 0 Å². The van der Waals surface area contributed by atoms with E-state index in [9.17, 15) is 23.6 Å². The van der Waals surface area contributed by atoms with Crippen molar-refractivity contribution in [2.45, 2.75) is 51.1 Å². The van der Waals surface area contributed by atoms with Gasteiger partial charge in [-0.05, 0) is 31.4 Å². The number of hydrogen-bond acceptors (Lipinski definition) is 4. The molecule has 1 N–H and O–H groups in total. The van der Waals surface area contributed by atoms with Gasteiger partial charge in [-0.2, -0.15) is 0 Å². The Kier molecular flexibility index (Phi) is 5.65. The first-order valence-corrected chi connectivity index (χ1v) is 8.91. The number of aldehydes is 1. The zero-order chi connectivity index (χ0) is 19.4. The van der Waals surface area contributed by atoms with E-state index < -0.39 is 23.7 Å². The zero-order valence-corrected chi connectivity index (χ0v) is 14.7. The van der Waals surface area contributed by atoms with E-state index in [1.807, 2.05) is 0 Å². The van der Waals surface area contributed by atoms with Gasteiger partial charge in [-0.1, -0.05) is 11.8 Å². The van der Waals surface area contributed by atoms with Gasteiger partial charge in [0.25, 0.3) is 5.91 Å². The molecule has 7 heteroatoms. The Bertz CT molecular complexity index is 869. The van der Waals surface area contributed by atoms with Gasteiger partial charge in [0.2, 0.25) is 11.8 Å². The standard InChI is InChI=1S/C20H19FN2O4/c21-14-10-13(6-4-2-1-3-5-9-24)16-12-23(20(27)15(16)11-14)17-7-8-18(25)22-19(17)26/h9-11,17H,1-3,5,7-8,12H2,(H,22,25,26). The molecule has 1 aromatic rings. The van der Waals surface area contributed by atoms with Crippen LogP contribution in [0.3, 0.4) is 0 Å². The number of rotatable bonds is 5. The molecule has 0 bridgehead atoms. The summed E-state index contributed by atoms with van der Waals surface area (Å²) in [6.45, 7) is 0.163. The molecule has 0 aromatic heterocycles. The topological polar surface area (TPSA) is 83.6 Å². The maximum Gasteiger partial charge on any atom is 0.255 e. The minimum Gasteiger partial charge on any atom is -0.322 e. The molecule has 2 aliphatic rings. The van der Waals surface area contributed by atoms with E-state index in [-0.39, 0.29) is 30.9 Å². The summed E-state index contributed by atoms with van der Waals surface area (Å²) in [5, 5.41) is 2.24. The number of carbonyl (C=O) groups excluding carboxylic acids is 4. The summed E-state index contributed by atoms with van der Waals surface area (Å²) in [7, 11) is 0. The molecular weight excluding hydrogens is 351 g/mol. The maximum atomic E-state index is 14.0. The SMILES string of the molecule is O=CCCCCC#Cc1cc(F)cc2c1CN(C1CCC(=O)NC1=O)C2=O. The van der Waals surface area contributed by atoms with Gasteiger partial charge in [0.1, 0.15) is 18.1 Å². The summed E-state index contributed by atoms with van der Waals surface area (Å²) in [4.78, 5) is 47.8. The van der Waals surface area contributed by atoms with E-state index in [4.69, 9.17) is 0 Å². The smallest absolute Gasteiger partial charge is 0.255 e. The highest BCUT2D eigenvalue weighted by atomic mass is 19.1. The van der Waals surface area contributed by atoms with E-state index in [1.165, 1.54) is 17.0 Å². The maximum absolute atomic E-state index is 14.0. The molecule has 1 saturated heterocycles. The lowest BCUT2D eigenvalue weighted by molar-refractivity contribution is -0.136. The molecule has 0 saturated carbocycles. The molecule has 3 rings (SSSR count). The number of piperidine rings is 1. The van der Waals surface area contributed by atoms with Crippen LogP contribution in [0, 0.1) is 17.7 Å². The Morgan fingerprint density at radius 2 is 2.07 bits per heavy atom. The minimum atomic E-state index is -0.741. The van der Waals surface area contributed by atoms with E-state index in [1.54, 1.807) is 0 Å². The van der Waals surface area contributed by atoms with Crippen molar-refractivity contribution < 1.29 is 23.6 Å². The van der Waals surface area contributed by atoms with Gasteiger partial charge in [0, 0.05) is 42.5 Å². The van der Waals surface area contributed by atoms with E-state index in [0.29, 0.717) is 24.0 Å². The summed E-state index contributed by atoms with van der Waals surface area (Å²) in [6.07, 6.45) is 3.87. The Morgan fingerprint density at radius 3 is 2.81 bits per heavy atom. The number of unbranched alkanes of at least 4 members (excludes halogenated alkanes) is 3. The van der Waals surface area contributed by atoms with Crippen molar-refractivity contribution in [1.29, 1.82) is 0 Å². The van der Waals surface area contributed by atoms with Crippen molar-refractivity contribution in [3.05, 3.63) is 34.6 Å². The third-order valence-electron chi connectivity index (χ3n) is 4.72. The average molecular weight is 370 g/mol. The summed E-state index contributed by atoms with van der Waals surface area (Å²) in [5.41, 5.74) is 1.25. The number of halogens is 1. The van der Waals surface area contributed by atoms with Crippen molar-refractivity contribution in [2.75, 3.05) is 0 Å². The van der Waals surface area contributed by atoms with Crippen molar-refractivity contribution in [2.24, 2.45) is 0 Å². The van der Waals surface area contributed by atoms with Gasteiger partial charge in [0.15, 0.2) is 0 Å². The fourth-order valence-corrected chi connectivity index (χ4v) is 3.34. The molecule has 0 spiro atoms. The number of amides is 3. The molecular formula is C20H19FN2O4. The highest BCUT2D eigenvalue weighted by Crippen LogP contribution is 2.30. The number of carbonyl (C=O) groups is 4. The quantitative estimate of drug-likeness (QED) is 0.370. The molecule has 2 aliphatic heterocycles. The molecule has 2 heterocycles. The Balaban J connectivity index is 1.79. The Hall–Kier alpha value is -3.01. The second kappa shape index (κ2) is 8.12. The number of nitrogens with one attached hydrogen (secondary N) is 1. The number of imide groups is 1. The van der Waals surface area contributed by atoms with Gasteiger partial charge in [-0.25, -0.2) is 4.39 Å². The van der Waals surface area contributed by atoms with Gasteiger partial charge >= 0.3 is 0 Å². The summed E-state index contributed by atoms with van der Waals surface area (Å²) in [5.74, 6) is 4.03. The van der Waals surface area contributed by atoms with Gasteiger partial charge < -0.3 is 9.69 Å². The number of nitrogens with zero attached hydrogens (tertiary/aromatic N) is 1. The van der Waals surface area contributed by atoms with Crippen LogP contribution < -0.4 is 5.32 Å². The summed E-state index contributed by atoms with van der Waals surface area (Å²) < 4.78 is 14.0. The number of hydrogen-bond donors (Lipinski definition) is 1. The molecule has 0 aliphatic carbocycles. The Labute approximate surface area is 156 Å². The van der Waals surface area contributed by atoms with E-state index in [0.717, 1.165) is 19.1 Å². The van der Waals surface area contributed by atoms with Crippen molar-refractivity contribution in [3.8, 4) is 11.8 Å². The van der Waals surface area contributed by atoms with Crippen LogP contribution in [0.2, 0.25) is 0 Å². The average Bonchev–Trinajstić information content (AvgIpc) is 2.95. The molecule has 27 heavy (non-hydrogen) atoms. The largest absolute Gasteiger partial charge is 0.322 e. The molecule has 0 radical (unpaired) electrons. The van der Waals surface area contributed by atoms with Crippen LogP contribution in [0.5, 0.6) is 0 Å². The first-order valence-electron chi connectivity index (χ1n) is 8.91. The van der Waals surface area contributed by atoms with Crippen LogP contribution in [-0.2, 0) is 20.9 Å². The number of benzene rings is 1. The normalized spacial score (nSPS) is 18.6. The number of fused-ring (bicyclic) bond motifs is 1. The lowest BCUT2D eigenvalue weighted by Gasteiger charge is -2.29. The lowest BCUT2D eigenvalue weighted by Crippen LogP contribution is -2.52. The monoisotopic (exact) mass is 370 g/mol. The molecule has 1 fully saturated rings. The van der Waals surface area contributed by atoms with E-state index >= 15 is 0 Å². The highest BCUT2D eigenvalue weighted by Gasteiger charge is 2.40. The highest BCUT2D eigenvalue weighted by molar-refractivity contribution is 6.05. The third kappa shape index (κ3) is 4.05. The van der Waals surface area contributed by atoms with E-state index in [2.05, 4.69) is 17.2 Å². The van der Waals surface area contributed by atoms with Gasteiger partial charge in [-0.3, -0.25) is 19.7 Å². The predicted molar refractivity (Wildman–Crippen MR) is 93.9 cm³/mol. The first-order chi connectivity index (χ1) is 13.0. The van der Waals surface area contributed by atoms with Crippen molar-refractivity contribution in [3.63, 3.8) is 0 Å². The van der Waals surface area contributed by atoms with Crippen LogP contribution in [0.15, 0.2) is 12.1 Å². The van der Waals surface area contributed by atoms with Gasteiger partial charge in [0.05, 0.1) is 0 Å². The Morgan fingerprint density at radius 1 is 1.26 bits per heavy atom. The third-order valence-corrected chi connectivity index (χ3v) is 4.72. The molecule has 1 unspecified atom stereocenters.